The predicted molar refractivity (Wildman–Crippen MR) is 126 cm³/mol. The molecule has 4 aromatic rings. The lowest BCUT2D eigenvalue weighted by molar-refractivity contribution is -0.516. The number of nitrogen functional groups attached to an aromatic ring is 1. The molecule has 0 aliphatic carbocycles. The van der Waals surface area contributed by atoms with Gasteiger partial charge in [0.05, 0.1) is 18.2 Å². The summed E-state index contributed by atoms with van der Waals surface area (Å²) in [7, 11) is 1.96. The number of aryl methyl sites for hydroxylation is 2. The van der Waals surface area contributed by atoms with Crippen molar-refractivity contribution >= 4 is 11.6 Å². The van der Waals surface area contributed by atoms with Crippen LogP contribution >= 0.6 is 0 Å². The van der Waals surface area contributed by atoms with Crippen LogP contribution in [0.4, 0.5) is 5.95 Å². The second-order valence-electron chi connectivity index (χ2n) is 8.87. The third-order valence-electron chi connectivity index (χ3n) is 6.29. The quantitative estimate of drug-likeness (QED) is 0.407. The van der Waals surface area contributed by atoms with Crippen LogP contribution in [0.25, 0.3) is 28.0 Å². The van der Waals surface area contributed by atoms with Crippen molar-refractivity contribution in [1.29, 1.82) is 0 Å². The number of aromatic amines is 1. The number of likely N-dealkylation sites (tertiary alicyclic amines) is 1. The summed E-state index contributed by atoms with van der Waals surface area (Å²) < 4.78 is 2.99. The Kier molecular flexibility index (Phi) is 5.22. The molecular formula is C24H28N7O2+. The highest BCUT2D eigenvalue weighted by Gasteiger charge is 2.32. The van der Waals surface area contributed by atoms with Crippen LogP contribution < -0.4 is 15.8 Å². The Bertz CT molecular complexity index is 1370. The van der Waals surface area contributed by atoms with Gasteiger partial charge < -0.3 is 10.8 Å². The molecule has 0 unspecified atom stereocenters. The van der Waals surface area contributed by atoms with Crippen molar-refractivity contribution < 1.29 is 9.51 Å². The highest BCUT2D eigenvalue weighted by molar-refractivity contribution is 5.88. The van der Waals surface area contributed by atoms with E-state index in [0.717, 1.165) is 28.1 Å². The van der Waals surface area contributed by atoms with Crippen LogP contribution in [0.1, 0.15) is 17.8 Å². The number of nitrogens with two attached hydrogens (primary N) is 1. The molecule has 170 valence electrons. The zero-order valence-electron chi connectivity index (χ0n) is 19.0. The van der Waals surface area contributed by atoms with Crippen LogP contribution in [0.15, 0.2) is 47.3 Å². The number of anilines is 1. The van der Waals surface area contributed by atoms with Gasteiger partial charge in [-0.3, -0.25) is 9.88 Å². The number of hydrogen-bond donors (Lipinski definition) is 3. The van der Waals surface area contributed by atoms with E-state index in [1.54, 1.807) is 4.68 Å². The van der Waals surface area contributed by atoms with Gasteiger partial charge in [-0.05, 0) is 45.0 Å². The van der Waals surface area contributed by atoms with Gasteiger partial charge >= 0.3 is 11.6 Å². The maximum Gasteiger partial charge on any atom is 0.428 e. The Morgan fingerprint density at radius 1 is 1.15 bits per heavy atom. The molecule has 0 saturated carbocycles. The molecule has 4 heterocycles. The van der Waals surface area contributed by atoms with E-state index in [4.69, 9.17) is 5.73 Å². The van der Waals surface area contributed by atoms with Gasteiger partial charge in [0, 0.05) is 29.5 Å². The van der Waals surface area contributed by atoms with Crippen molar-refractivity contribution in [3.63, 3.8) is 0 Å². The van der Waals surface area contributed by atoms with Crippen LogP contribution in [0.5, 0.6) is 0 Å². The summed E-state index contributed by atoms with van der Waals surface area (Å²) >= 11 is 0. The second kappa shape index (κ2) is 8.09. The summed E-state index contributed by atoms with van der Waals surface area (Å²) in [5, 5.41) is 13.3. The molecule has 2 atom stereocenters. The number of β-amino-alcohol motifs (C(OH)–C–C–N with tert-alkyl or cyclic N) is 1. The zero-order valence-corrected chi connectivity index (χ0v) is 19.0. The molecule has 0 radical (unpaired) electrons. The maximum atomic E-state index is 13.4. The first-order valence-corrected chi connectivity index (χ1v) is 11.0. The summed E-state index contributed by atoms with van der Waals surface area (Å²) in [4.78, 5) is 24.6. The molecule has 9 heteroatoms. The number of rotatable bonds is 4. The number of likely N-dealkylation sites (N-methyl/N-ethyl adjacent to an activating group) is 1. The van der Waals surface area contributed by atoms with Crippen molar-refractivity contribution in [2.75, 3.05) is 19.3 Å². The van der Waals surface area contributed by atoms with Crippen molar-refractivity contribution in [1.82, 2.24) is 24.6 Å². The highest BCUT2D eigenvalue weighted by Crippen LogP contribution is 2.33. The van der Waals surface area contributed by atoms with Gasteiger partial charge in [-0.2, -0.15) is 4.68 Å². The van der Waals surface area contributed by atoms with Gasteiger partial charge in [0.25, 0.3) is 0 Å². The first-order chi connectivity index (χ1) is 15.8. The van der Waals surface area contributed by atoms with Crippen LogP contribution in [0.2, 0.25) is 0 Å². The topological polar surface area (TPSA) is 117 Å². The van der Waals surface area contributed by atoms with Gasteiger partial charge in [-0.1, -0.05) is 30.3 Å². The first kappa shape index (κ1) is 21.3. The highest BCUT2D eigenvalue weighted by atomic mass is 16.3. The Hall–Kier alpha value is -3.56. The number of hydrogen-bond acceptors (Lipinski definition) is 6. The molecule has 0 spiro atoms. The van der Waals surface area contributed by atoms with Gasteiger partial charge in [0.1, 0.15) is 5.69 Å². The number of aliphatic hydroxyl groups excluding tert-OH is 1. The van der Waals surface area contributed by atoms with E-state index in [0.29, 0.717) is 30.9 Å². The third-order valence-corrected chi connectivity index (χ3v) is 6.29. The van der Waals surface area contributed by atoms with Gasteiger partial charge in [-0.25, -0.2) is 9.89 Å². The molecule has 9 nitrogen and oxygen atoms in total. The van der Waals surface area contributed by atoms with Gasteiger partial charge in [-0.15, -0.1) is 9.38 Å². The normalized spacial score (nSPS) is 18.9. The van der Waals surface area contributed by atoms with Crippen molar-refractivity contribution in [2.45, 2.75) is 39.0 Å². The fourth-order valence-corrected chi connectivity index (χ4v) is 4.81. The SMILES string of the molecule is Cc1cc(-c2c(-c3ccccc3)nc(N)[n+]3c(=O)n(C[C@@H]4C[C@H](O)CN4C)[nH]c23)cc(C)n1. The number of aromatic nitrogens is 5. The monoisotopic (exact) mass is 446 g/mol. The van der Waals surface area contributed by atoms with E-state index >= 15 is 0 Å². The van der Waals surface area contributed by atoms with Gasteiger partial charge in [0.2, 0.25) is 5.65 Å². The fraction of sp³-hybridized carbons (Fsp3) is 0.333. The van der Waals surface area contributed by atoms with Crippen LogP contribution in [-0.2, 0) is 6.54 Å². The smallest absolute Gasteiger partial charge is 0.392 e. The molecule has 3 aromatic heterocycles. The molecule has 5 rings (SSSR count). The average Bonchev–Trinajstić information content (AvgIpc) is 3.26. The van der Waals surface area contributed by atoms with Crippen LogP contribution in [-0.4, -0.2) is 55.5 Å². The van der Waals surface area contributed by atoms with Crippen molar-refractivity contribution in [2.24, 2.45) is 0 Å². The molecule has 1 aliphatic rings. The first-order valence-electron chi connectivity index (χ1n) is 11.0. The third kappa shape index (κ3) is 3.79. The number of nitrogens with one attached hydrogen (secondary N) is 1. The van der Waals surface area contributed by atoms with Gasteiger partial charge in [0.15, 0.2) is 0 Å². The molecule has 1 aliphatic heterocycles. The molecule has 0 bridgehead atoms. The maximum absolute atomic E-state index is 13.4. The molecule has 0 amide bonds. The van der Waals surface area contributed by atoms with E-state index in [1.807, 2.05) is 63.4 Å². The van der Waals surface area contributed by atoms with Crippen molar-refractivity contribution in [3.05, 3.63) is 64.3 Å². The molecule has 1 saturated heterocycles. The number of nitrogens with zero attached hydrogens (tertiary/aromatic N) is 5. The Labute approximate surface area is 191 Å². The van der Waals surface area contributed by atoms with E-state index in [2.05, 4.69) is 20.0 Å². The number of pyridine rings is 1. The fourth-order valence-electron chi connectivity index (χ4n) is 4.81. The summed E-state index contributed by atoms with van der Waals surface area (Å²) in [5.41, 5.74) is 11.7. The lowest BCUT2D eigenvalue weighted by Crippen LogP contribution is -2.46. The van der Waals surface area contributed by atoms with E-state index < -0.39 is 0 Å². The number of benzene rings is 1. The molecule has 1 fully saturated rings. The molecule has 4 N–H and O–H groups in total. The number of H-pyrrole nitrogens is 1. The minimum absolute atomic E-state index is 0.0444. The van der Waals surface area contributed by atoms with Crippen LogP contribution in [0.3, 0.4) is 0 Å². The number of aliphatic hydroxyl groups is 1. The average molecular weight is 447 g/mol. The zero-order chi connectivity index (χ0) is 23.3. The molecular weight excluding hydrogens is 418 g/mol. The summed E-state index contributed by atoms with van der Waals surface area (Å²) in [6, 6.07) is 13.8. The Morgan fingerprint density at radius 3 is 2.48 bits per heavy atom. The Morgan fingerprint density at radius 2 is 1.85 bits per heavy atom. The van der Waals surface area contributed by atoms with E-state index in [1.165, 1.54) is 4.40 Å². The largest absolute Gasteiger partial charge is 0.428 e. The van der Waals surface area contributed by atoms with Crippen LogP contribution in [0, 0.1) is 13.8 Å². The lowest BCUT2D eigenvalue weighted by Gasteiger charge is -2.16. The number of fused-ring (bicyclic) bond motifs is 1. The standard InChI is InChI=1S/C24H27N7O2/c1-14-9-17(10-15(2)26-14)20-21(16-7-5-4-6-8-16)27-23(25)31-22(20)28-30(24(31)33)12-18-11-19(32)13-29(18)3/h4-10,18-19,32H,11-13H2,1-3H3,(H2,25,26,27,28)/p+1/t18-,19-/m0/s1. The molecule has 1 aromatic carbocycles. The summed E-state index contributed by atoms with van der Waals surface area (Å²) in [5.74, 6) is 0.120. The second-order valence-corrected chi connectivity index (χ2v) is 8.87. The van der Waals surface area contributed by atoms with E-state index in [9.17, 15) is 9.90 Å². The summed E-state index contributed by atoms with van der Waals surface area (Å²) in [6.45, 7) is 4.91. The summed E-state index contributed by atoms with van der Waals surface area (Å²) in [6.07, 6.45) is 0.226. The van der Waals surface area contributed by atoms with Crippen molar-refractivity contribution in [3.8, 4) is 22.4 Å². The predicted octanol–water partition coefficient (Wildman–Crippen LogP) is 1.30. The lowest BCUT2D eigenvalue weighted by atomic mass is 9.99. The minimum atomic E-state index is -0.387. The van der Waals surface area contributed by atoms with E-state index in [-0.39, 0.29) is 23.8 Å². The Balaban J connectivity index is 1.77. The minimum Gasteiger partial charge on any atom is -0.392 e. The molecule has 33 heavy (non-hydrogen) atoms.